The van der Waals surface area contributed by atoms with E-state index in [0.29, 0.717) is 18.6 Å². The van der Waals surface area contributed by atoms with E-state index in [1.165, 1.54) is 17.7 Å². The lowest BCUT2D eigenvalue weighted by molar-refractivity contribution is -0.258. The fourth-order valence-corrected chi connectivity index (χ4v) is 11.0. The highest BCUT2D eigenvalue weighted by Gasteiger charge is 2.77. The van der Waals surface area contributed by atoms with Crippen LogP contribution in [0, 0.1) is 34.5 Å². The molecule has 1 aromatic carbocycles. The minimum Gasteiger partial charge on any atom is -0.508 e. The monoisotopic (exact) mass is 626 g/mol. The first-order valence-electron chi connectivity index (χ1n) is 16.6. The molecule has 2 spiro atoms. The maximum absolute atomic E-state index is 13.3. The Labute approximate surface area is 264 Å². The summed E-state index contributed by atoms with van der Waals surface area (Å²) in [6, 6.07) is 6.31. The number of phenolic OH excluding ortho intramolecular Hbond substituents is 1. The van der Waals surface area contributed by atoms with Gasteiger partial charge in [0.2, 0.25) is 5.79 Å². The zero-order chi connectivity index (χ0) is 31.6. The molecule has 10 heteroatoms. The summed E-state index contributed by atoms with van der Waals surface area (Å²) in [5, 5.41) is 31.2. The molecule has 3 saturated carbocycles. The summed E-state index contributed by atoms with van der Waals surface area (Å²) in [7, 11) is 0. The third-order valence-electron chi connectivity index (χ3n) is 12.8. The van der Waals surface area contributed by atoms with Crippen LogP contribution in [0.2, 0.25) is 0 Å². The van der Waals surface area contributed by atoms with Crippen LogP contribution in [-0.2, 0) is 33.3 Å². The zero-order valence-corrected chi connectivity index (χ0v) is 26.2. The van der Waals surface area contributed by atoms with Gasteiger partial charge in [-0.25, -0.2) is 0 Å². The number of carbonyl (C=O) groups excluding carboxylic acids is 1. The predicted octanol–water partition coefficient (Wildman–Crippen LogP) is 4.88. The molecular formula is C35H46O10. The van der Waals surface area contributed by atoms with Gasteiger partial charge in [-0.3, -0.25) is 9.59 Å². The van der Waals surface area contributed by atoms with Crippen LogP contribution in [0.1, 0.15) is 83.1 Å². The number of phenols is 1. The molecule has 2 unspecified atom stereocenters. The second kappa shape index (κ2) is 11.3. The molecule has 10 nitrogen and oxygen atoms in total. The highest BCUT2D eigenvalue weighted by molar-refractivity contribution is 5.73. The van der Waals surface area contributed by atoms with Crippen molar-refractivity contribution >= 4 is 11.9 Å². The molecule has 0 aromatic heterocycles. The summed E-state index contributed by atoms with van der Waals surface area (Å²) in [6.07, 6.45) is 7.66. The van der Waals surface area contributed by atoms with Crippen molar-refractivity contribution in [3.05, 3.63) is 41.5 Å². The lowest BCUT2D eigenvalue weighted by atomic mass is 9.43. The summed E-state index contributed by atoms with van der Waals surface area (Å²) in [5.74, 6) is -2.30. The number of benzene rings is 1. The quantitative estimate of drug-likeness (QED) is 0.283. The molecule has 2 saturated heterocycles. The van der Waals surface area contributed by atoms with Gasteiger partial charge in [0.05, 0.1) is 25.6 Å². The van der Waals surface area contributed by atoms with Crippen LogP contribution >= 0.6 is 0 Å². The van der Waals surface area contributed by atoms with Gasteiger partial charge >= 0.3 is 11.9 Å². The first-order chi connectivity index (χ1) is 21.5. The molecule has 3 N–H and O–H groups in total. The molecule has 6 aliphatic rings. The van der Waals surface area contributed by atoms with Gasteiger partial charge in [-0.2, -0.15) is 0 Å². The minimum absolute atomic E-state index is 0.0129. The normalized spacial score (nSPS) is 42.6. The Morgan fingerprint density at radius 2 is 1.84 bits per heavy atom. The SMILES string of the molecule is C[C@]12CCCC=C1[C@H](COC(=O)CC(CC(=O)O)c1ccc(O)cc1)C[C@@H]1[C@@H]2[C@@H](O)C[C@@]2(C)[C@H]1CC[C@@]21OCOC12COCO2. The van der Waals surface area contributed by atoms with Crippen molar-refractivity contribution in [1.82, 2.24) is 0 Å². The van der Waals surface area contributed by atoms with E-state index in [2.05, 4.69) is 19.9 Å². The van der Waals surface area contributed by atoms with Crippen LogP contribution in [0.3, 0.4) is 0 Å². The van der Waals surface area contributed by atoms with E-state index in [1.807, 2.05) is 0 Å². The van der Waals surface area contributed by atoms with Crippen molar-refractivity contribution in [3.63, 3.8) is 0 Å². The summed E-state index contributed by atoms with van der Waals surface area (Å²) in [4.78, 5) is 24.9. The minimum atomic E-state index is -0.997. The van der Waals surface area contributed by atoms with Crippen molar-refractivity contribution in [2.45, 2.75) is 95.0 Å². The molecule has 45 heavy (non-hydrogen) atoms. The summed E-state index contributed by atoms with van der Waals surface area (Å²) < 4.78 is 30.5. The van der Waals surface area contributed by atoms with Gasteiger partial charge in [-0.1, -0.05) is 37.6 Å². The van der Waals surface area contributed by atoms with Gasteiger partial charge < -0.3 is 39.0 Å². The molecule has 246 valence electrons. The van der Waals surface area contributed by atoms with Crippen molar-refractivity contribution in [1.29, 1.82) is 0 Å². The van der Waals surface area contributed by atoms with E-state index in [9.17, 15) is 24.9 Å². The number of rotatable bonds is 7. The van der Waals surface area contributed by atoms with Crippen molar-refractivity contribution in [2.75, 3.05) is 26.8 Å². The summed E-state index contributed by atoms with van der Waals surface area (Å²) in [6.45, 7) is 5.40. The molecule has 5 fully saturated rings. The standard InChI is InChI=1S/C35H46O10/c1-32-11-4-3-5-26(32)23(17-42-30(40)15-22(14-29(38)39)21-6-8-24(36)9-7-21)13-25-27-10-12-34(33(27,2)16-28(37)31(25)32)35(45-20-43-34)18-41-19-44-35/h5-9,22-23,25,27-28,31,36-37H,3-4,10-20H2,1-2H3,(H,38,39)/t22?,23-,25-,27-,28-,31+,32-,33-,34+,35?/m0/s1. The van der Waals surface area contributed by atoms with Gasteiger partial charge in [-0.05, 0) is 85.8 Å². The largest absolute Gasteiger partial charge is 0.508 e. The molecule has 2 aliphatic heterocycles. The number of ether oxygens (including phenoxy) is 5. The lowest BCUT2D eigenvalue weighted by Crippen LogP contribution is -2.66. The molecule has 1 aromatic rings. The number of carboxylic acid groups (broad SMARTS) is 1. The maximum Gasteiger partial charge on any atom is 0.306 e. The number of aliphatic carboxylic acids is 1. The van der Waals surface area contributed by atoms with E-state index in [0.717, 1.165) is 38.5 Å². The Balaban J connectivity index is 1.13. The maximum atomic E-state index is 13.3. The van der Waals surface area contributed by atoms with Crippen LogP contribution in [0.15, 0.2) is 35.9 Å². The number of carboxylic acids is 1. The second-order valence-electron chi connectivity index (χ2n) is 14.8. The van der Waals surface area contributed by atoms with Gasteiger partial charge in [0, 0.05) is 17.3 Å². The third-order valence-corrected chi connectivity index (χ3v) is 12.8. The van der Waals surface area contributed by atoms with Gasteiger partial charge in [-0.15, -0.1) is 0 Å². The number of aliphatic hydroxyl groups is 1. The fourth-order valence-electron chi connectivity index (χ4n) is 11.0. The van der Waals surface area contributed by atoms with E-state index < -0.39 is 35.3 Å². The topological polar surface area (TPSA) is 141 Å². The van der Waals surface area contributed by atoms with Crippen molar-refractivity contribution in [3.8, 4) is 5.75 Å². The summed E-state index contributed by atoms with van der Waals surface area (Å²) >= 11 is 0. The number of hydrogen-bond donors (Lipinski definition) is 3. The van der Waals surface area contributed by atoms with Crippen molar-refractivity contribution < 1.29 is 48.6 Å². The predicted molar refractivity (Wildman–Crippen MR) is 160 cm³/mol. The Kier molecular flexibility index (Phi) is 7.84. The first kappa shape index (κ1) is 31.1. The Morgan fingerprint density at radius 3 is 2.58 bits per heavy atom. The number of fused-ring (bicyclic) bond motifs is 7. The van der Waals surface area contributed by atoms with Crippen LogP contribution in [0.4, 0.5) is 0 Å². The smallest absolute Gasteiger partial charge is 0.306 e. The first-order valence-corrected chi connectivity index (χ1v) is 16.6. The molecular weight excluding hydrogens is 580 g/mol. The molecule has 10 atom stereocenters. The van der Waals surface area contributed by atoms with Gasteiger partial charge in [0.15, 0.2) is 13.6 Å². The third kappa shape index (κ3) is 4.77. The average molecular weight is 627 g/mol. The van der Waals surface area contributed by atoms with Crippen LogP contribution in [0.5, 0.6) is 5.75 Å². The number of allylic oxidation sites excluding steroid dienone is 1. The number of aliphatic hydroxyl groups excluding tert-OH is 1. The highest BCUT2D eigenvalue weighted by atomic mass is 16.9. The van der Waals surface area contributed by atoms with Gasteiger partial charge in [0.25, 0.3) is 0 Å². The second-order valence-corrected chi connectivity index (χ2v) is 14.8. The highest BCUT2D eigenvalue weighted by Crippen LogP contribution is 2.72. The van der Waals surface area contributed by atoms with E-state index >= 15 is 0 Å². The molecule has 2 heterocycles. The summed E-state index contributed by atoms with van der Waals surface area (Å²) in [5.41, 5.74) is 0.673. The number of aromatic hydroxyl groups is 1. The van der Waals surface area contributed by atoms with Crippen LogP contribution in [-0.4, -0.2) is 71.5 Å². The number of esters is 1. The lowest BCUT2D eigenvalue weighted by Gasteiger charge is -2.63. The number of hydrogen-bond acceptors (Lipinski definition) is 9. The van der Waals surface area contributed by atoms with Crippen LogP contribution in [0.25, 0.3) is 0 Å². The Morgan fingerprint density at radius 1 is 1.07 bits per heavy atom. The molecule has 0 bridgehead atoms. The van der Waals surface area contributed by atoms with E-state index in [4.69, 9.17) is 23.7 Å². The molecule has 4 aliphatic carbocycles. The van der Waals surface area contributed by atoms with E-state index in [1.54, 1.807) is 12.1 Å². The zero-order valence-electron chi connectivity index (χ0n) is 26.2. The molecule has 7 rings (SSSR count). The fraction of sp³-hybridized carbons (Fsp3) is 0.714. The van der Waals surface area contributed by atoms with Gasteiger partial charge in [0.1, 0.15) is 18.0 Å². The molecule has 0 amide bonds. The Hall–Kier alpha value is -2.50. The van der Waals surface area contributed by atoms with Crippen LogP contribution < -0.4 is 0 Å². The van der Waals surface area contributed by atoms with Crippen molar-refractivity contribution in [2.24, 2.45) is 34.5 Å². The Bertz CT molecular complexity index is 1330. The number of carbonyl (C=O) groups is 2. The van der Waals surface area contributed by atoms with E-state index in [-0.39, 0.29) is 73.3 Å². The molecule has 0 radical (unpaired) electrons. The average Bonchev–Trinajstić information content (AvgIpc) is 3.70.